The van der Waals surface area contributed by atoms with Gasteiger partial charge in [-0.15, -0.1) is 0 Å². The molecule has 2 aliphatic heterocycles. The van der Waals surface area contributed by atoms with Crippen LogP contribution in [0.1, 0.15) is 62.6 Å². The average molecular weight is 412 g/mol. The molecule has 2 fully saturated rings. The van der Waals surface area contributed by atoms with E-state index in [1.807, 2.05) is 52.0 Å². The maximum Gasteiger partial charge on any atom is 0.255 e. The molecule has 2 amide bonds. The maximum absolute atomic E-state index is 12.9. The zero-order valence-corrected chi connectivity index (χ0v) is 18.5. The van der Waals surface area contributed by atoms with Crippen molar-refractivity contribution in [1.82, 2.24) is 15.5 Å². The Morgan fingerprint density at radius 3 is 2.47 bits per heavy atom. The number of hydrogen-bond donors (Lipinski definition) is 2. The number of benzene rings is 1. The highest BCUT2D eigenvalue weighted by atomic mass is 16.3. The highest BCUT2D eigenvalue weighted by molar-refractivity contribution is 6.07. The lowest BCUT2D eigenvalue weighted by molar-refractivity contribution is -0.125. The molecule has 0 aliphatic carbocycles. The van der Waals surface area contributed by atoms with Gasteiger partial charge < -0.3 is 15.1 Å². The fourth-order valence-corrected chi connectivity index (χ4v) is 5.21. The van der Waals surface area contributed by atoms with Crippen molar-refractivity contribution in [1.29, 1.82) is 0 Å². The van der Waals surface area contributed by atoms with Gasteiger partial charge in [0.05, 0.1) is 12.1 Å². The molecule has 2 bridgehead atoms. The quantitative estimate of drug-likeness (QED) is 0.788. The van der Waals surface area contributed by atoms with Gasteiger partial charge in [0.25, 0.3) is 5.91 Å². The number of nitrogens with one attached hydrogen (secondary N) is 2. The fourth-order valence-electron chi connectivity index (χ4n) is 5.21. The van der Waals surface area contributed by atoms with Crippen LogP contribution in [0.2, 0.25) is 0 Å². The van der Waals surface area contributed by atoms with Gasteiger partial charge in [-0.3, -0.25) is 14.5 Å². The van der Waals surface area contributed by atoms with Crippen molar-refractivity contribution >= 4 is 22.8 Å². The number of fused-ring (bicyclic) bond motifs is 3. The highest BCUT2D eigenvalue weighted by Gasteiger charge is 2.41. The van der Waals surface area contributed by atoms with E-state index in [1.54, 1.807) is 0 Å². The average Bonchev–Trinajstić information content (AvgIpc) is 3.09. The van der Waals surface area contributed by atoms with E-state index in [0.717, 1.165) is 36.7 Å². The fraction of sp³-hybridized carbons (Fsp3) is 0.583. The molecule has 2 atom stereocenters. The van der Waals surface area contributed by atoms with Crippen LogP contribution < -0.4 is 10.6 Å². The molecule has 2 unspecified atom stereocenters. The highest BCUT2D eigenvalue weighted by Crippen LogP contribution is 2.38. The van der Waals surface area contributed by atoms with Gasteiger partial charge in [0.15, 0.2) is 0 Å². The van der Waals surface area contributed by atoms with Crippen LogP contribution in [-0.2, 0) is 4.79 Å². The summed E-state index contributed by atoms with van der Waals surface area (Å²) in [4.78, 5) is 27.6. The van der Waals surface area contributed by atoms with Crippen LogP contribution in [0, 0.1) is 12.8 Å². The first-order chi connectivity index (χ1) is 14.2. The van der Waals surface area contributed by atoms with Gasteiger partial charge in [0, 0.05) is 29.6 Å². The van der Waals surface area contributed by atoms with Gasteiger partial charge >= 0.3 is 0 Å². The summed E-state index contributed by atoms with van der Waals surface area (Å²) >= 11 is 0. The van der Waals surface area contributed by atoms with Crippen molar-refractivity contribution in [3.05, 3.63) is 35.6 Å². The van der Waals surface area contributed by atoms with Crippen molar-refractivity contribution in [2.75, 3.05) is 13.1 Å². The lowest BCUT2D eigenvalue weighted by Gasteiger charge is -2.39. The number of para-hydroxylation sites is 1. The van der Waals surface area contributed by atoms with E-state index in [-0.39, 0.29) is 17.4 Å². The summed E-state index contributed by atoms with van der Waals surface area (Å²) in [6.45, 7) is 9.03. The van der Waals surface area contributed by atoms with Crippen molar-refractivity contribution in [3.8, 4) is 0 Å². The summed E-state index contributed by atoms with van der Waals surface area (Å²) in [7, 11) is 0. The molecule has 0 saturated carbocycles. The van der Waals surface area contributed by atoms with Crippen molar-refractivity contribution in [2.24, 2.45) is 5.92 Å². The SMILES string of the molecule is Cc1oc2ccccc2c1C(=O)NCC1CC2CCC(C1)N2CC(=O)NC(C)(C)C. The Kier molecular flexibility index (Phi) is 5.62. The van der Waals surface area contributed by atoms with Crippen LogP contribution >= 0.6 is 0 Å². The molecule has 162 valence electrons. The number of furan rings is 1. The Morgan fingerprint density at radius 1 is 1.13 bits per heavy atom. The number of carbonyl (C=O) groups is 2. The molecule has 6 nitrogen and oxygen atoms in total. The Labute approximate surface area is 178 Å². The number of hydrogen-bond acceptors (Lipinski definition) is 4. The predicted octanol–water partition coefficient (Wildman–Crippen LogP) is 3.63. The van der Waals surface area contributed by atoms with E-state index in [0.29, 0.717) is 42.4 Å². The van der Waals surface area contributed by atoms with E-state index in [2.05, 4.69) is 15.5 Å². The molecule has 0 radical (unpaired) electrons. The minimum atomic E-state index is -0.200. The van der Waals surface area contributed by atoms with E-state index in [1.165, 1.54) is 0 Å². The van der Waals surface area contributed by atoms with Crippen molar-refractivity contribution in [2.45, 2.75) is 71.0 Å². The molecule has 2 aromatic rings. The molecule has 2 N–H and O–H groups in total. The number of amides is 2. The standard InChI is InChI=1S/C24H33N3O3/c1-15-22(19-7-5-6-8-20(19)30-15)23(29)25-13-16-11-17-9-10-18(12-16)27(17)14-21(28)26-24(2,3)4/h5-8,16-18H,9-14H2,1-4H3,(H,25,29)(H,26,28). The maximum atomic E-state index is 12.9. The Morgan fingerprint density at radius 2 is 1.80 bits per heavy atom. The van der Waals surface area contributed by atoms with Crippen molar-refractivity contribution < 1.29 is 14.0 Å². The molecule has 0 spiro atoms. The summed E-state index contributed by atoms with van der Waals surface area (Å²) in [6.07, 6.45) is 4.35. The monoisotopic (exact) mass is 411 g/mol. The number of aryl methyl sites for hydroxylation is 1. The number of nitrogens with zero attached hydrogens (tertiary/aromatic N) is 1. The summed E-state index contributed by atoms with van der Waals surface area (Å²) in [5.41, 5.74) is 1.19. The van der Waals surface area contributed by atoms with Crippen LogP contribution in [0.4, 0.5) is 0 Å². The lowest BCUT2D eigenvalue weighted by atomic mass is 9.90. The second kappa shape index (κ2) is 8.06. The van der Waals surface area contributed by atoms with Crippen LogP contribution in [0.5, 0.6) is 0 Å². The van der Waals surface area contributed by atoms with Crippen LogP contribution in [0.15, 0.2) is 28.7 Å². The number of carbonyl (C=O) groups excluding carboxylic acids is 2. The first kappa shape index (κ1) is 20.9. The van der Waals surface area contributed by atoms with E-state index >= 15 is 0 Å². The van der Waals surface area contributed by atoms with Crippen LogP contribution in [0.25, 0.3) is 11.0 Å². The van der Waals surface area contributed by atoms with Gasteiger partial charge in [-0.25, -0.2) is 0 Å². The molecule has 6 heteroatoms. The van der Waals surface area contributed by atoms with Gasteiger partial charge in [0.1, 0.15) is 11.3 Å². The molecule has 4 rings (SSSR count). The molecule has 1 aromatic carbocycles. The molecule has 30 heavy (non-hydrogen) atoms. The normalized spacial score (nSPS) is 24.2. The Hall–Kier alpha value is -2.34. The summed E-state index contributed by atoms with van der Waals surface area (Å²) < 4.78 is 5.74. The minimum Gasteiger partial charge on any atom is -0.461 e. The van der Waals surface area contributed by atoms with Crippen LogP contribution in [-0.4, -0.2) is 47.4 Å². The largest absolute Gasteiger partial charge is 0.461 e. The molecular weight excluding hydrogens is 378 g/mol. The van der Waals surface area contributed by atoms with Gasteiger partial charge in [-0.05, 0) is 65.4 Å². The molecule has 2 aliphatic rings. The molecule has 2 saturated heterocycles. The lowest BCUT2D eigenvalue weighted by Crippen LogP contribution is -2.52. The third kappa shape index (κ3) is 4.38. The number of piperidine rings is 1. The third-order valence-corrected chi connectivity index (χ3v) is 6.37. The summed E-state index contributed by atoms with van der Waals surface area (Å²) in [5, 5.41) is 7.09. The van der Waals surface area contributed by atoms with Gasteiger partial charge in [-0.2, -0.15) is 0 Å². The molecule has 3 heterocycles. The van der Waals surface area contributed by atoms with E-state index in [4.69, 9.17) is 4.42 Å². The summed E-state index contributed by atoms with van der Waals surface area (Å²) in [5.74, 6) is 1.16. The first-order valence-corrected chi connectivity index (χ1v) is 11.0. The smallest absolute Gasteiger partial charge is 0.255 e. The predicted molar refractivity (Wildman–Crippen MR) is 117 cm³/mol. The third-order valence-electron chi connectivity index (χ3n) is 6.37. The Balaban J connectivity index is 1.34. The zero-order valence-electron chi connectivity index (χ0n) is 18.5. The van der Waals surface area contributed by atoms with Crippen molar-refractivity contribution in [3.63, 3.8) is 0 Å². The second-order valence-corrected chi connectivity index (χ2v) is 9.93. The summed E-state index contributed by atoms with van der Waals surface area (Å²) in [6, 6.07) is 8.54. The molecule has 1 aromatic heterocycles. The number of rotatable bonds is 5. The van der Waals surface area contributed by atoms with E-state index < -0.39 is 0 Å². The first-order valence-electron chi connectivity index (χ1n) is 11.0. The zero-order chi connectivity index (χ0) is 21.5. The van der Waals surface area contributed by atoms with Gasteiger partial charge in [-0.1, -0.05) is 18.2 Å². The van der Waals surface area contributed by atoms with Gasteiger partial charge in [0.2, 0.25) is 5.91 Å². The second-order valence-electron chi connectivity index (χ2n) is 9.93. The Bertz CT molecular complexity index is 929. The molecular formula is C24H33N3O3. The minimum absolute atomic E-state index is 0.0585. The topological polar surface area (TPSA) is 74.6 Å². The van der Waals surface area contributed by atoms with Crippen LogP contribution in [0.3, 0.4) is 0 Å². The van der Waals surface area contributed by atoms with E-state index in [9.17, 15) is 9.59 Å².